The summed E-state index contributed by atoms with van der Waals surface area (Å²) in [5.74, 6) is -0.549. The van der Waals surface area contributed by atoms with Crippen molar-refractivity contribution in [1.82, 2.24) is 4.98 Å². The molecule has 100 valence electrons. The number of rotatable bonds is 5. The topological polar surface area (TPSA) is 62.2 Å². The van der Waals surface area contributed by atoms with Gasteiger partial charge in [-0.3, -0.25) is 14.3 Å². The largest absolute Gasteiger partial charge is 0.289 e. The van der Waals surface area contributed by atoms with Crippen LogP contribution < -0.4 is 4.72 Å². The third-order valence-electron chi connectivity index (χ3n) is 2.65. The maximum Gasteiger partial charge on any atom is 0.259 e. The van der Waals surface area contributed by atoms with E-state index < -0.39 is 17.1 Å². The van der Waals surface area contributed by atoms with Crippen LogP contribution in [0.2, 0.25) is 0 Å². The molecular formula is C13H13FN2O2S. The molecule has 1 heterocycles. The number of benzene rings is 1. The fourth-order valence-corrected chi connectivity index (χ4v) is 2.08. The number of aryl methyl sites for hydroxylation is 2. The fourth-order valence-electron chi connectivity index (χ4n) is 1.73. The highest BCUT2D eigenvalue weighted by atomic mass is 32.2. The van der Waals surface area contributed by atoms with Crippen LogP contribution in [0.3, 0.4) is 0 Å². The summed E-state index contributed by atoms with van der Waals surface area (Å²) < 4.78 is 34.9. The van der Waals surface area contributed by atoms with E-state index in [2.05, 4.69) is 9.71 Å². The fraction of sp³-hybridized carbons (Fsp3) is 0.154. The number of anilines is 1. The van der Waals surface area contributed by atoms with Gasteiger partial charge >= 0.3 is 0 Å². The zero-order valence-electron chi connectivity index (χ0n) is 10.0. The molecule has 0 aliphatic rings. The molecular weight excluding hydrogens is 267 g/mol. The summed E-state index contributed by atoms with van der Waals surface area (Å²) in [7, 11) is 0. The van der Waals surface area contributed by atoms with Gasteiger partial charge in [0.15, 0.2) is 0 Å². The summed E-state index contributed by atoms with van der Waals surface area (Å²) in [6.07, 6.45) is 4.98. The van der Waals surface area contributed by atoms with Gasteiger partial charge < -0.3 is 0 Å². The van der Waals surface area contributed by atoms with Gasteiger partial charge in [-0.05, 0) is 42.2 Å². The quantitative estimate of drug-likeness (QED) is 0.827. The first-order valence-corrected chi connectivity index (χ1v) is 6.80. The van der Waals surface area contributed by atoms with Crippen molar-refractivity contribution < 1.29 is 13.2 Å². The molecule has 1 atom stereocenters. The number of aromatic nitrogens is 1. The van der Waals surface area contributed by atoms with Gasteiger partial charge in [0.2, 0.25) is 0 Å². The van der Waals surface area contributed by atoms with Crippen LogP contribution in [0.1, 0.15) is 11.1 Å². The number of hydrogen-bond acceptors (Lipinski definition) is 2. The molecule has 0 fully saturated rings. The molecule has 0 radical (unpaired) electrons. The lowest BCUT2D eigenvalue weighted by Gasteiger charge is -2.07. The molecule has 0 bridgehead atoms. The lowest BCUT2D eigenvalue weighted by molar-refractivity contribution is 0.568. The first-order chi connectivity index (χ1) is 9.15. The van der Waals surface area contributed by atoms with Crippen molar-refractivity contribution in [2.75, 3.05) is 4.72 Å². The summed E-state index contributed by atoms with van der Waals surface area (Å²) >= 11 is -2.28. The summed E-state index contributed by atoms with van der Waals surface area (Å²) in [4.78, 5) is 4.02. The Balaban J connectivity index is 2.06. The van der Waals surface area contributed by atoms with E-state index in [1.807, 2.05) is 12.1 Å². The van der Waals surface area contributed by atoms with Crippen LogP contribution in [-0.4, -0.2) is 13.7 Å². The predicted molar refractivity (Wildman–Crippen MR) is 72.4 cm³/mol. The van der Waals surface area contributed by atoms with Gasteiger partial charge in [-0.2, -0.15) is 0 Å². The molecule has 0 aliphatic carbocycles. The molecule has 0 saturated carbocycles. The van der Waals surface area contributed by atoms with Crippen molar-refractivity contribution in [1.29, 1.82) is 0 Å². The van der Waals surface area contributed by atoms with Gasteiger partial charge in [0.1, 0.15) is 5.82 Å². The number of halogens is 1. The number of nitrogens with zero attached hydrogens (tertiary/aromatic N) is 1. The van der Waals surface area contributed by atoms with Crippen molar-refractivity contribution in [3.05, 3.63) is 59.7 Å². The predicted octanol–water partition coefficient (Wildman–Crippen LogP) is 2.55. The van der Waals surface area contributed by atoms with Crippen LogP contribution >= 0.6 is 0 Å². The van der Waals surface area contributed by atoms with E-state index in [4.69, 9.17) is 4.55 Å². The molecule has 1 aromatic carbocycles. The first kappa shape index (κ1) is 13.6. The Morgan fingerprint density at radius 3 is 2.74 bits per heavy atom. The summed E-state index contributed by atoms with van der Waals surface area (Å²) in [5, 5.41) is 0. The van der Waals surface area contributed by atoms with Crippen LogP contribution in [0.4, 0.5) is 10.1 Å². The maximum absolute atomic E-state index is 13.4. The Hall–Kier alpha value is -1.79. The lowest BCUT2D eigenvalue weighted by atomic mass is 10.1. The monoisotopic (exact) mass is 280 g/mol. The summed E-state index contributed by atoms with van der Waals surface area (Å²) in [5.41, 5.74) is 2.01. The molecule has 0 amide bonds. The number of pyridine rings is 1. The molecule has 6 heteroatoms. The normalized spacial score (nSPS) is 12.1. The minimum absolute atomic E-state index is 0.0320. The molecule has 0 aliphatic heterocycles. The molecule has 0 spiro atoms. The smallest absolute Gasteiger partial charge is 0.259 e. The molecule has 1 unspecified atom stereocenters. The third-order valence-corrected chi connectivity index (χ3v) is 3.05. The Bertz CT molecular complexity index is 578. The standard InChI is InChI=1S/C13H13FN2O2S/c14-12-6-5-10(8-13(12)16-19(17)18)3-4-11-2-1-7-15-9-11/h1-2,5-9,16H,3-4H2,(H,17,18). The average molecular weight is 280 g/mol. The van der Waals surface area contributed by atoms with Gasteiger partial charge in [0.25, 0.3) is 11.3 Å². The average Bonchev–Trinajstić information content (AvgIpc) is 2.40. The van der Waals surface area contributed by atoms with Gasteiger partial charge in [-0.15, -0.1) is 0 Å². The highest BCUT2D eigenvalue weighted by molar-refractivity contribution is 7.80. The van der Waals surface area contributed by atoms with Crippen LogP contribution in [-0.2, 0) is 24.1 Å². The van der Waals surface area contributed by atoms with E-state index >= 15 is 0 Å². The molecule has 19 heavy (non-hydrogen) atoms. The van der Waals surface area contributed by atoms with Crippen molar-refractivity contribution in [3.63, 3.8) is 0 Å². The molecule has 1 aromatic heterocycles. The van der Waals surface area contributed by atoms with Crippen LogP contribution in [0.5, 0.6) is 0 Å². The van der Waals surface area contributed by atoms with E-state index in [1.165, 1.54) is 6.07 Å². The van der Waals surface area contributed by atoms with E-state index in [0.29, 0.717) is 6.42 Å². The van der Waals surface area contributed by atoms with E-state index in [1.54, 1.807) is 24.5 Å². The molecule has 2 aromatic rings. The zero-order chi connectivity index (χ0) is 13.7. The van der Waals surface area contributed by atoms with Gasteiger partial charge in [0, 0.05) is 12.4 Å². The second-order valence-corrected chi connectivity index (χ2v) is 4.73. The van der Waals surface area contributed by atoms with Gasteiger partial charge in [0.05, 0.1) is 5.69 Å². The van der Waals surface area contributed by atoms with Crippen molar-refractivity contribution in [2.45, 2.75) is 12.8 Å². The minimum Gasteiger partial charge on any atom is -0.289 e. The molecule has 2 N–H and O–H groups in total. The highest BCUT2D eigenvalue weighted by Gasteiger charge is 2.05. The van der Waals surface area contributed by atoms with E-state index in [-0.39, 0.29) is 5.69 Å². The van der Waals surface area contributed by atoms with Crippen LogP contribution in [0.25, 0.3) is 0 Å². The summed E-state index contributed by atoms with van der Waals surface area (Å²) in [6.45, 7) is 0. The molecule has 4 nitrogen and oxygen atoms in total. The van der Waals surface area contributed by atoms with Crippen molar-refractivity contribution in [3.8, 4) is 0 Å². The first-order valence-electron chi connectivity index (χ1n) is 5.70. The number of nitrogens with one attached hydrogen (secondary N) is 1. The van der Waals surface area contributed by atoms with Crippen LogP contribution in [0.15, 0.2) is 42.7 Å². The van der Waals surface area contributed by atoms with Gasteiger partial charge in [-0.25, -0.2) is 8.60 Å². The SMILES string of the molecule is O=S(O)Nc1cc(CCc2cccnc2)ccc1F. The Kier molecular flexibility index (Phi) is 4.59. The Morgan fingerprint density at radius 2 is 2.05 bits per heavy atom. The van der Waals surface area contributed by atoms with Crippen molar-refractivity contribution in [2.24, 2.45) is 0 Å². The summed E-state index contributed by atoms with van der Waals surface area (Å²) in [6, 6.07) is 8.32. The minimum atomic E-state index is -2.28. The number of hydrogen-bond donors (Lipinski definition) is 2. The molecule has 0 saturated heterocycles. The maximum atomic E-state index is 13.4. The second-order valence-electron chi connectivity index (χ2n) is 4.03. The van der Waals surface area contributed by atoms with E-state index in [9.17, 15) is 8.60 Å². The lowest BCUT2D eigenvalue weighted by Crippen LogP contribution is -2.04. The Morgan fingerprint density at radius 1 is 1.26 bits per heavy atom. The van der Waals surface area contributed by atoms with Gasteiger partial charge in [-0.1, -0.05) is 12.1 Å². The van der Waals surface area contributed by atoms with Crippen LogP contribution in [0, 0.1) is 5.82 Å². The second kappa shape index (κ2) is 6.40. The Labute approximate surface area is 113 Å². The third kappa shape index (κ3) is 4.11. The zero-order valence-corrected chi connectivity index (χ0v) is 10.9. The van der Waals surface area contributed by atoms with Crippen molar-refractivity contribution >= 4 is 17.0 Å². The molecule has 2 rings (SSSR count). The van der Waals surface area contributed by atoms with E-state index in [0.717, 1.165) is 17.5 Å². The highest BCUT2D eigenvalue weighted by Crippen LogP contribution is 2.18.